The predicted octanol–water partition coefficient (Wildman–Crippen LogP) is 4.29. The van der Waals surface area contributed by atoms with E-state index in [1.807, 2.05) is 4.57 Å². The molecule has 4 heterocycles. The number of halogens is 3. The highest BCUT2D eigenvalue weighted by atomic mass is 35.5. The monoisotopic (exact) mass is 511 g/mol. The molecule has 1 fully saturated rings. The molecule has 1 aromatic carbocycles. The van der Waals surface area contributed by atoms with Crippen LogP contribution < -0.4 is 4.90 Å². The van der Waals surface area contributed by atoms with Crippen molar-refractivity contribution in [2.24, 2.45) is 0 Å². The molecular formula is C25H24ClF2N7O. The van der Waals surface area contributed by atoms with Crippen LogP contribution in [0.25, 0.3) is 11.0 Å². The van der Waals surface area contributed by atoms with Crippen molar-refractivity contribution in [3.05, 3.63) is 76.6 Å². The van der Waals surface area contributed by atoms with E-state index in [0.29, 0.717) is 41.0 Å². The molecule has 36 heavy (non-hydrogen) atoms. The Morgan fingerprint density at radius 3 is 2.47 bits per heavy atom. The minimum Gasteiger partial charge on any atom is -0.345 e. The molecule has 0 N–H and O–H groups in total. The van der Waals surface area contributed by atoms with Crippen molar-refractivity contribution in [2.75, 3.05) is 32.1 Å². The van der Waals surface area contributed by atoms with Crippen LogP contribution in [0.2, 0.25) is 5.02 Å². The predicted molar refractivity (Wildman–Crippen MR) is 132 cm³/mol. The molecule has 3 aromatic heterocycles. The summed E-state index contributed by atoms with van der Waals surface area (Å²) in [7, 11) is 3.21. The van der Waals surface area contributed by atoms with E-state index in [4.69, 9.17) is 11.6 Å². The Labute approximate surface area is 211 Å². The molecule has 1 aliphatic rings. The van der Waals surface area contributed by atoms with Gasteiger partial charge in [-0.15, -0.1) is 0 Å². The van der Waals surface area contributed by atoms with Crippen LogP contribution in [-0.4, -0.2) is 62.5 Å². The van der Waals surface area contributed by atoms with Crippen molar-refractivity contribution in [3.63, 3.8) is 0 Å². The Bertz CT molecular complexity index is 1420. The summed E-state index contributed by atoms with van der Waals surface area (Å²) in [5, 5.41) is 0.769. The third-order valence-corrected chi connectivity index (χ3v) is 6.65. The first-order chi connectivity index (χ1) is 17.3. The lowest BCUT2D eigenvalue weighted by Gasteiger charge is -2.32. The Kier molecular flexibility index (Phi) is 6.53. The average Bonchev–Trinajstić information content (AvgIpc) is 3.22. The summed E-state index contributed by atoms with van der Waals surface area (Å²) in [5.74, 6) is -0.650. The maximum absolute atomic E-state index is 15.2. The third-order valence-electron chi connectivity index (χ3n) is 6.45. The molecule has 0 saturated carbocycles. The van der Waals surface area contributed by atoms with E-state index in [2.05, 4.69) is 24.8 Å². The highest BCUT2D eigenvalue weighted by Gasteiger charge is 2.26. The Morgan fingerprint density at radius 2 is 1.81 bits per heavy atom. The number of amides is 1. The van der Waals surface area contributed by atoms with Gasteiger partial charge in [0.25, 0.3) is 5.91 Å². The van der Waals surface area contributed by atoms with Gasteiger partial charge in [-0.25, -0.2) is 28.7 Å². The molecule has 11 heteroatoms. The molecule has 0 atom stereocenters. The first-order valence-electron chi connectivity index (χ1n) is 11.5. The third kappa shape index (κ3) is 4.60. The summed E-state index contributed by atoms with van der Waals surface area (Å²) in [4.78, 5) is 32.8. The second-order valence-corrected chi connectivity index (χ2v) is 9.44. The number of carbonyl (C=O) groups is 1. The van der Waals surface area contributed by atoms with E-state index in [9.17, 15) is 9.18 Å². The largest absolute Gasteiger partial charge is 0.345 e. The van der Waals surface area contributed by atoms with Gasteiger partial charge >= 0.3 is 0 Å². The van der Waals surface area contributed by atoms with Gasteiger partial charge in [-0.3, -0.25) is 4.79 Å². The average molecular weight is 512 g/mol. The maximum atomic E-state index is 15.2. The molecule has 0 bridgehead atoms. The number of fused-ring (bicyclic) bond motifs is 1. The Morgan fingerprint density at radius 1 is 1.08 bits per heavy atom. The van der Waals surface area contributed by atoms with Crippen LogP contribution in [0.3, 0.4) is 0 Å². The number of carbonyl (C=O) groups excluding carboxylic acids is 1. The summed E-state index contributed by atoms with van der Waals surface area (Å²) in [6, 6.07) is 4.36. The zero-order valence-corrected chi connectivity index (χ0v) is 20.6. The molecule has 0 aliphatic carbocycles. The topological polar surface area (TPSA) is 80.0 Å². The van der Waals surface area contributed by atoms with Gasteiger partial charge < -0.3 is 14.4 Å². The van der Waals surface area contributed by atoms with Gasteiger partial charge in [0.15, 0.2) is 5.82 Å². The maximum Gasteiger partial charge on any atom is 0.253 e. The second kappa shape index (κ2) is 9.77. The number of hydrogen-bond donors (Lipinski definition) is 0. The smallest absolute Gasteiger partial charge is 0.253 e. The van der Waals surface area contributed by atoms with Gasteiger partial charge in [0.05, 0.1) is 28.5 Å². The highest BCUT2D eigenvalue weighted by molar-refractivity contribution is 6.30. The molecule has 1 saturated heterocycles. The number of benzene rings is 1. The lowest BCUT2D eigenvalue weighted by molar-refractivity contribution is 0.0827. The lowest BCUT2D eigenvalue weighted by atomic mass is 10.0. The fourth-order valence-electron chi connectivity index (χ4n) is 4.59. The minimum absolute atomic E-state index is 0.0383. The first-order valence-corrected chi connectivity index (χ1v) is 11.9. The van der Waals surface area contributed by atoms with Crippen LogP contribution in [0.4, 0.5) is 14.7 Å². The van der Waals surface area contributed by atoms with Crippen LogP contribution in [0, 0.1) is 11.6 Å². The SMILES string of the molecule is CN(C)C(=O)c1ccc(Cc2ncnc3c2c(F)cn3C2CCN(c3ncc(Cl)cn3)CC2)c(F)c1. The van der Waals surface area contributed by atoms with E-state index >= 15 is 4.39 Å². The second-order valence-electron chi connectivity index (χ2n) is 9.01. The number of piperidine rings is 1. The molecule has 0 radical (unpaired) electrons. The van der Waals surface area contributed by atoms with Crippen molar-refractivity contribution >= 4 is 34.5 Å². The van der Waals surface area contributed by atoms with Crippen LogP contribution >= 0.6 is 11.6 Å². The van der Waals surface area contributed by atoms with Gasteiger partial charge in [-0.2, -0.15) is 0 Å². The quantitative estimate of drug-likeness (QED) is 0.398. The molecule has 8 nitrogen and oxygen atoms in total. The van der Waals surface area contributed by atoms with Gasteiger partial charge in [-0.05, 0) is 30.5 Å². The van der Waals surface area contributed by atoms with Crippen LogP contribution in [-0.2, 0) is 6.42 Å². The van der Waals surface area contributed by atoms with E-state index in [1.54, 1.807) is 38.6 Å². The minimum atomic E-state index is -0.536. The van der Waals surface area contributed by atoms with Crippen molar-refractivity contribution in [3.8, 4) is 0 Å². The van der Waals surface area contributed by atoms with Crippen molar-refractivity contribution in [1.29, 1.82) is 0 Å². The summed E-state index contributed by atoms with van der Waals surface area (Å²) in [6.07, 6.45) is 7.56. The molecule has 186 valence electrons. The Balaban J connectivity index is 1.38. The molecule has 0 spiro atoms. The molecular weight excluding hydrogens is 488 g/mol. The van der Waals surface area contributed by atoms with E-state index in [-0.39, 0.29) is 29.3 Å². The molecule has 4 aromatic rings. The summed E-state index contributed by atoms with van der Waals surface area (Å²) >= 11 is 5.88. The van der Waals surface area contributed by atoms with Gasteiger partial charge in [-0.1, -0.05) is 17.7 Å². The van der Waals surface area contributed by atoms with E-state index in [1.165, 1.54) is 23.5 Å². The van der Waals surface area contributed by atoms with Gasteiger partial charge in [0.2, 0.25) is 5.95 Å². The fraction of sp³-hybridized carbons (Fsp3) is 0.320. The summed E-state index contributed by atoms with van der Waals surface area (Å²) in [5.41, 5.74) is 1.46. The van der Waals surface area contributed by atoms with Gasteiger partial charge in [0.1, 0.15) is 17.8 Å². The number of aromatic nitrogens is 5. The molecule has 0 unspecified atom stereocenters. The number of anilines is 1. The summed E-state index contributed by atoms with van der Waals surface area (Å²) in [6.45, 7) is 1.41. The number of hydrogen-bond acceptors (Lipinski definition) is 6. The van der Waals surface area contributed by atoms with Crippen LogP contribution in [0.5, 0.6) is 0 Å². The lowest BCUT2D eigenvalue weighted by Crippen LogP contribution is -2.35. The first kappa shape index (κ1) is 24.1. The van der Waals surface area contributed by atoms with Gasteiger partial charge in [0, 0.05) is 51.4 Å². The molecule has 1 amide bonds. The van der Waals surface area contributed by atoms with Crippen molar-refractivity contribution in [1.82, 2.24) is 29.4 Å². The fourth-order valence-corrected chi connectivity index (χ4v) is 4.68. The van der Waals surface area contributed by atoms with E-state index in [0.717, 1.165) is 12.8 Å². The summed E-state index contributed by atoms with van der Waals surface area (Å²) < 4.78 is 31.8. The van der Waals surface area contributed by atoms with Crippen molar-refractivity contribution < 1.29 is 13.6 Å². The van der Waals surface area contributed by atoms with Crippen molar-refractivity contribution in [2.45, 2.75) is 25.3 Å². The Hall–Kier alpha value is -3.66. The highest BCUT2D eigenvalue weighted by Crippen LogP contribution is 2.31. The zero-order valence-electron chi connectivity index (χ0n) is 19.8. The normalized spacial score (nSPS) is 14.4. The standard InChI is InChI=1S/C25H24ClF2N7O/c1-33(2)24(36)16-4-3-15(19(27)9-16)10-21-22-20(28)13-35(23(22)32-14-31-21)18-5-7-34(8-6-18)25-29-11-17(26)12-30-25/h3-4,9,11-14,18H,5-8,10H2,1-2H3. The zero-order chi connectivity index (χ0) is 25.4. The van der Waals surface area contributed by atoms with Crippen LogP contribution in [0.15, 0.2) is 43.1 Å². The molecule has 5 rings (SSSR count). The van der Waals surface area contributed by atoms with Crippen LogP contribution in [0.1, 0.15) is 40.5 Å². The van der Waals surface area contributed by atoms with E-state index < -0.39 is 11.6 Å². The number of rotatable bonds is 5. The molecule has 1 aliphatic heterocycles. The number of nitrogens with zero attached hydrogens (tertiary/aromatic N) is 7.